The molecule has 0 aliphatic heterocycles. The summed E-state index contributed by atoms with van der Waals surface area (Å²) in [5, 5.41) is 0. The molecule has 2 aromatic carbocycles. The van der Waals surface area contributed by atoms with Crippen molar-refractivity contribution >= 4 is 0 Å². The van der Waals surface area contributed by atoms with E-state index in [9.17, 15) is 0 Å². The van der Waals surface area contributed by atoms with E-state index in [1.807, 2.05) is 36.5 Å². The Bertz CT molecular complexity index is 832. The summed E-state index contributed by atoms with van der Waals surface area (Å²) in [4.78, 5) is 4.38. The van der Waals surface area contributed by atoms with E-state index in [4.69, 9.17) is 0 Å². The highest BCUT2D eigenvalue weighted by Crippen LogP contribution is 2.17. The van der Waals surface area contributed by atoms with Gasteiger partial charge in [0.1, 0.15) is 0 Å². The van der Waals surface area contributed by atoms with Crippen LogP contribution in [0.4, 0.5) is 0 Å². The van der Waals surface area contributed by atoms with Crippen molar-refractivity contribution in [2.24, 2.45) is 0 Å². The molecule has 0 saturated heterocycles. The molecule has 0 bridgehead atoms. The van der Waals surface area contributed by atoms with Crippen LogP contribution in [0.25, 0.3) is 11.3 Å². The van der Waals surface area contributed by atoms with E-state index in [0.29, 0.717) is 0 Å². The molecule has 0 aliphatic carbocycles. The van der Waals surface area contributed by atoms with Gasteiger partial charge >= 0.3 is 0 Å². The van der Waals surface area contributed by atoms with Gasteiger partial charge < -0.3 is 0 Å². The number of nitrogens with zero attached hydrogens (tertiary/aromatic N) is 1. The number of aryl methyl sites for hydroxylation is 2. The predicted octanol–water partition coefficient (Wildman–Crippen LogP) is 4.77. The molecule has 1 nitrogen and oxygen atoms in total. The average molecular weight is 283 g/mol. The van der Waals surface area contributed by atoms with Gasteiger partial charge in [-0.2, -0.15) is 0 Å². The van der Waals surface area contributed by atoms with Gasteiger partial charge in [0.2, 0.25) is 0 Å². The Hall–Kier alpha value is -2.85. The summed E-state index contributed by atoms with van der Waals surface area (Å²) < 4.78 is 0. The minimum atomic E-state index is 0.970. The van der Waals surface area contributed by atoms with Crippen molar-refractivity contribution in [3.05, 3.63) is 89.1 Å². The van der Waals surface area contributed by atoms with E-state index < -0.39 is 0 Å². The van der Waals surface area contributed by atoms with Gasteiger partial charge in [-0.1, -0.05) is 36.1 Å². The van der Waals surface area contributed by atoms with Crippen LogP contribution < -0.4 is 0 Å². The molecule has 1 aromatic heterocycles. The number of rotatable bonds is 1. The van der Waals surface area contributed by atoms with Gasteiger partial charge in [0.15, 0.2) is 0 Å². The second-order valence-electron chi connectivity index (χ2n) is 5.42. The van der Waals surface area contributed by atoms with E-state index in [1.165, 1.54) is 11.1 Å². The monoisotopic (exact) mass is 283 g/mol. The van der Waals surface area contributed by atoms with Gasteiger partial charge in [0.05, 0.1) is 5.69 Å². The molecule has 0 saturated carbocycles. The number of aromatic nitrogens is 1. The Morgan fingerprint density at radius 2 is 1.50 bits per heavy atom. The Morgan fingerprint density at radius 1 is 0.727 bits per heavy atom. The summed E-state index contributed by atoms with van der Waals surface area (Å²) in [7, 11) is 0. The summed E-state index contributed by atoms with van der Waals surface area (Å²) >= 11 is 0. The Labute approximate surface area is 131 Å². The van der Waals surface area contributed by atoms with Gasteiger partial charge in [-0.3, -0.25) is 4.98 Å². The standard InChI is InChI=1S/C21H17N/c1-16-12-17(2)14-19(13-16)10-9-18-6-5-7-20(15-18)21-8-3-4-11-22-21/h3-8,11-15H,1-2H3. The van der Waals surface area contributed by atoms with E-state index in [1.54, 1.807) is 0 Å². The van der Waals surface area contributed by atoms with Crippen LogP contribution in [0, 0.1) is 25.7 Å². The molecule has 0 radical (unpaired) electrons. The summed E-state index contributed by atoms with van der Waals surface area (Å²) in [5.74, 6) is 6.50. The lowest BCUT2D eigenvalue weighted by Gasteiger charge is -2.01. The van der Waals surface area contributed by atoms with Crippen molar-refractivity contribution in [2.45, 2.75) is 13.8 Å². The van der Waals surface area contributed by atoms with E-state index in [0.717, 1.165) is 22.4 Å². The maximum Gasteiger partial charge on any atom is 0.0702 e. The first-order chi connectivity index (χ1) is 10.7. The normalized spacial score (nSPS) is 9.91. The summed E-state index contributed by atoms with van der Waals surface area (Å²) in [6.45, 7) is 4.19. The first-order valence-corrected chi connectivity index (χ1v) is 7.32. The fraction of sp³-hybridized carbons (Fsp3) is 0.0952. The Kier molecular flexibility index (Phi) is 4.03. The topological polar surface area (TPSA) is 12.9 Å². The van der Waals surface area contributed by atoms with Crippen molar-refractivity contribution in [1.29, 1.82) is 0 Å². The molecule has 0 N–H and O–H groups in total. The van der Waals surface area contributed by atoms with E-state index in [2.05, 4.69) is 61.0 Å². The smallest absolute Gasteiger partial charge is 0.0702 e. The number of hydrogen-bond donors (Lipinski definition) is 0. The van der Waals surface area contributed by atoms with Crippen LogP contribution in [0.5, 0.6) is 0 Å². The maximum absolute atomic E-state index is 4.38. The zero-order chi connectivity index (χ0) is 15.4. The molecule has 0 spiro atoms. The van der Waals surface area contributed by atoms with Gasteiger partial charge in [-0.25, -0.2) is 0 Å². The van der Waals surface area contributed by atoms with Gasteiger partial charge in [0, 0.05) is 22.9 Å². The van der Waals surface area contributed by atoms with Crippen LogP contribution in [0.15, 0.2) is 66.9 Å². The first-order valence-electron chi connectivity index (χ1n) is 7.32. The summed E-state index contributed by atoms with van der Waals surface area (Å²) in [6, 6.07) is 20.5. The molecular formula is C21H17N. The number of pyridine rings is 1. The van der Waals surface area contributed by atoms with Crippen LogP contribution in [0.1, 0.15) is 22.3 Å². The molecule has 0 aliphatic rings. The highest BCUT2D eigenvalue weighted by Gasteiger charge is 1.98. The Balaban J connectivity index is 1.93. The third-order valence-corrected chi connectivity index (χ3v) is 3.40. The molecule has 0 fully saturated rings. The predicted molar refractivity (Wildman–Crippen MR) is 91.6 cm³/mol. The molecule has 1 heteroatoms. The molecule has 0 atom stereocenters. The van der Waals surface area contributed by atoms with E-state index in [-0.39, 0.29) is 0 Å². The van der Waals surface area contributed by atoms with Crippen LogP contribution in [0.3, 0.4) is 0 Å². The minimum Gasteiger partial charge on any atom is -0.256 e. The molecule has 3 aromatic rings. The molecular weight excluding hydrogens is 266 g/mol. The number of hydrogen-bond acceptors (Lipinski definition) is 1. The highest BCUT2D eigenvalue weighted by molar-refractivity contribution is 5.61. The lowest BCUT2D eigenvalue weighted by molar-refractivity contribution is 1.32. The quantitative estimate of drug-likeness (QED) is 0.586. The zero-order valence-corrected chi connectivity index (χ0v) is 12.8. The number of benzene rings is 2. The molecule has 106 valence electrons. The molecule has 3 rings (SSSR count). The van der Waals surface area contributed by atoms with Crippen LogP contribution in [-0.4, -0.2) is 4.98 Å². The lowest BCUT2D eigenvalue weighted by atomic mass is 10.1. The van der Waals surface area contributed by atoms with Crippen molar-refractivity contribution in [2.75, 3.05) is 0 Å². The highest BCUT2D eigenvalue weighted by atomic mass is 14.7. The fourth-order valence-electron chi connectivity index (χ4n) is 2.48. The maximum atomic E-state index is 4.38. The summed E-state index contributed by atoms with van der Waals surface area (Å²) in [6.07, 6.45) is 1.81. The van der Waals surface area contributed by atoms with Crippen molar-refractivity contribution in [3.8, 4) is 23.1 Å². The van der Waals surface area contributed by atoms with Crippen LogP contribution in [-0.2, 0) is 0 Å². The fourth-order valence-corrected chi connectivity index (χ4v) is 2.48. The van der Waals surface area contributed by atoms with Crippen molar-refractivity contribution < 1.29 is 0 Å². The molecule has 0 unspecified atom stereocenters. The third-order valence-electron chi connectivity index (χ3n) is 3.40. The second-order valence-corrected chi connectivity index (χ2v) is 5.42. The van der Waals surface area contributed by atoms with Crippen molar-refractivity contribution in [1.82, 2.24) is 4.98 Å². The van der Waals surface area contributed by atoms with Crippen LogP contribution in [0.2, 0.25) is 0 Å². The van der Waals surface area contributed by atoms with Crippen LogP contribution >= 0.6 is 0 Å². The minimum absolute atomic E-state index is 0.970. The van der Waals surface area contributed by atoms with Gasteiger partial charge in [0.25, 0.3) is 0 Å². The van der Waals surface area contributed by atoms with Gasteiger partial charge in [-0.05, 0) is 61.4 Å². The van der Waals surface area contributed by atoms with E-state index >= 15 is 0 Å². The SMILES string of the molecule is Cc1cc(C)cc(C#Cc2cccc(-c3ccccn3)c2)c1. The molecule has 22 heavy (non-hydrogen) atoms. The molecule has 0 amide bonds. The molecule has 1 heterocycles. The third kappa shape index (κ3) is 3.42. The lowest BCUT2D eigenvalue weighted by Crippen LogP contribution is -1.84. The summed E-state index contributed by atoms with van der Waals surface area (Å²) in [5.41, 5.74) is 6.60. The second kappa shape index (κ2) is 6.28. The average Bonchev–Trinajstić information content (AvgIpc) is 2.53. The van der Waals surface area contributed by atoms with Crippen molar-refractivity contribution in [3.63, 3.8) is 0 Å². The largest absolute Gasteiger partial charge is 0.256 e. The Morgan fingerprint density at radius 3 is 2.23 bits per heavy atom. The zero-order valence-electron chi connectivity index (χ0n) is 12.8. The van der Waals surface area contributed by atoms with Gasteiger partial charge in [-0.15, -0.1) is 0 Å². The first kappa shape index (κ1) is 14.1.